The maximum Gasteiger partial charge on any atom is 0.225 e. The first-order valence-electron chi connectivity index (χ1n) is 3.98. The second-order valence-corrected chi connectivity index (χ2v) is 4.20. The van der Waals surface area contributed by atoms with E-state index >= 15 is 0 Å². The molecule has 4 nitrogen and oxygen atoms in total. The second-order valence-electron chi connectivity index (χ2n) is 2.61. The molecule has 0 aliphatic rings. The Kier molecular flexibility index (Phi) is 3.05. The molecule has 0 atom stereocenters. The predicted octanol–water partition coefficient (Wildman–Crippen LogP) is 2.31. The van der Waals surface area contributed by atoms with Gasteiger partial charge in [0.25, 0.3) is 0 Å². The minimum absolute atomic E-state index is 0.721. The topological polar surface area (TPSA) is 50.7 Å². The molecular weight excluding hydrogens is 264 g/mol. The van der Waals surface area contributed by atoms with E-state index in [0.717, 1.165) is 16.1 Å². The summed E-state index contributed by atoms with van der Waals surface area (Å²) in [6.07, 6.45) is 0. The minimum atomic E-state index is 0.721. The van der Waals surface area contributed by atoms with Crippen LogP contribution in [0.15, 0.2) is 28.7 Å². The maximum atomic E-state index is 3.79. The first kappa shape index (κ1) is 9.54. The van der Waals surface area contributed by atoms with Crippen LogP contribution in [-0.2, 0) is 6.54 Å². The van der Waals surface area contributed by atoms with Crippen molar-refractivity contribution < 1.29 is 0 Å². The molecule has 0 fully saturated rings. The van der Waals surface area contributed by atoms with Crippen LogP contribution < -0.4 is 5.32 Å². The molecule has 0 saturated heterocycles. The fraction of sp³-hybridized carbons (Fsp3) is 0.125. The van der Waals surface area contributed by atoms with Crippen molar-refractivity contribution in [3.8, 4) is 0 Å². The number of rotatable bonds is 3. The summed E-state index contributed by atoms with van der Waals surface area (Å²) in [5.74, 6) is 0. The Bertz CT molecular complexity index is 403. The van der Waals surface area contributed by atoms with Crippen LogP contribution in [0.2, 0.25) is 0 Å². The lowest BCUT2D eigenvalue weighted by Crippen LogP contribution is -1.99. The molecule has 6 heteroatoms. The molecule has 72 valence electrons. The van der Waals surface area contributed by atoms with Gasteiger partial charge in [0.2, 0.25) is 5.13 Å². The highest BCUT2D eigenvalue weighted by atomic mass is 79.9. The monoisotopic (exact) mass is 270 g/mol. The van der Waals surface area contributed by atoms with Gasteiger partial charge in [-0.15, -0.1) is 0 Å². The number of nitrogens with one attached hydrogen (secondary N) is 1. The summed E-state index contributed by atoms with van der Waals surface area (Å²) in [7, 11) is 0. The van der Waals surface area contributed by atoms with E-state index in [-0.39, 0.29) is 0 Å². The van der Waals surface area contributed by atoms with E-state index < -0.39 is 0 Å². The Morgan fingerprint density at radius 2 is 2.21 bits per heavy atom. The van der Waals surface area contributed by atoms with Crippen molar-refractivity contribution in [1.82, 2.24) is 14.8 Å². The first-order valence-corrected chi connectivity index (χ1v) is 5.55. The van der Waals surface area contributed by atoms with Gasteiger partial charge in [-0.2, -0.15) is 0 Å². The minimum Gasteiger partial charge on any atom is -0.355 e. The van der Waals surface area contributed by atoms with Crippen molar-refractivity contribution >= 4 is 32.6 Å². The van der Waals surface area contributed by atoms with Gasteiger partial charge in [0, 0.05) is 22.5 Å². The second kappa shape index (κ2) is 4.47. The fourth-order valence-electron chi connectivity index (χ4n) is 1.01. The van der Waals surface area contributed by atoms with E-state index in [1.807, 2.05) is 24.3 Å². The standard InChI is InChI=1S/C8H7BrN4S/c9-7-4-2-1-3-6(7)5-10-8-11-12-13-14-8/h1-4H,5H2,(H,10,11,13). The number of hydrogen-bond acceptors (Lipinski definition) is 5. The normalized spacial score (nSPS) is 10.1. The molecule has 2 aromatic rings. The van der Waals surface area contributed by atoms with Gasteiger partial charge >= 0.3 is 0 Å². The lowest BCUT2D eigenvalue weighted by Gasteiger charge is -2.03. The van der Waals surface area contributed by atoms with E-state index in [4.69, 9.17) is 0 Å². The van der Waals surface area contributed by atoms with Gasteiger partial charge in [0.05, 0.1) is 0 Å². The SMILES string of the molecule is Brc1ccccc1CNc1nnns1. The maximum absolute atomic E-state index is 3.79. The molecule has 0 bridgehead atoms. The molecule has 0 aliphatic carbocycles. The van der Waals surface area contributed by atoms with Crippen molar-refractivity contribution in [3.05, 3.63) is 34.3 Å². The first-order chi connectivity index (χ1) is 6.86. The van der Waals surface area contributed by atoms with Crippen LogP contribution >= 0.6 is 27.5 Å². The quantitative estimate of drug-likeness (QED) is 0.930. The number of aromatic nitrogens is 3. The highest BCUT2D eigenvalue weighted by Crippen LogP contribution is 2.17. The largest absolute Gasteiger partial charge is 0.355 e. The molecule has 0 spiro atoms. The lowest BCUT2D eigenvalue weighted by atomic mass is 10.2. The fourth-order valence-corrected chi connectivity index (χ4v) is 1.80. The number of benzene rings is 1. The zero-order valence-corrected chi connectivity index (χ0v) is 9.55. The van der Waals surface area contributed by atoms with Crippen molar-refractivity contribution in [1.29, 1.82) is 0 Å². The van der Waals surface area contributed by atoms with Crippen LogP contribution in [0, 0.1) is 0 Å². The third kappa shape index (κ3) is 2.27. The third-order valence-corrected chi connectivity index (χ3v) is 3.01. The predicted molar refractivity (Wildman–Crippen MR) is 59.2 cm³/mol. The zero-order chi connectivity index (χ0) is 9.80. The highest BCUT2D eigenvalue weighted by molar-refractivity contribution is 9.10. The van der Waals surface area contributed by atoms with Crippen LogP contribution in [0.5, 0.6) is 0 Å². The lowest BCUT2D eigenvalue weighted by molar-refractivity contribution is 0.950. The van der Waals surface area contributed by atoms with Gasteiger partial charge in [-0.05, 0) is 16.8 Å². The summed E-state index contributed by atoms with van der Waals surface area (Å²) in [5.41, 5.74) is 1.18. The van der Waals surface area contributed by atoms with Crippen LogP contribution in [-0.4, -0.2) is 14.8 Å². The Hall–Kier alpha value is -1.01. The van der Waals surface area contributed by atoms with Crippen LogP contribution in [0.3, 0.4) is 0 Å². The Morgan fingerprint density at radius 3 is 2.93 bits per heavy atom. The highest BCUT2D eigenvalue weighted by Gasteiger charge is 2.00. The average Bonchev–Trinajstić information content (AvgIpc) is 2.69. The molecule has 0 aliphatic heterocycles. The molecule has 2 rings (SSSR count). The van der Waals surface area contributed by atoms with Crippen molar-refractivity contribution in [2.24, 2.45) is 0 Å². The van der Waals surface area contributed by atoms with Crippen molar-refractivity contribution in [2.75, 3.05) is 5.32 Å². The van der Waals surface area contributed by atoms with Crippen LogP contribution in [0.1, 0.15) is 5.56 Å². The molecule has 1 aromatic carbocycles. The number of hydrogen-bond donors (Lipinski definition) is 1. The molecular formula is C8H7BrN4S. The zero-order valence-electron chi connectivity index (χ0n) is 7.14. The molecule has 0 amide bonds. The summed E-state index contributed by atoms with van der Waals surface area (Å²) in [6.45, 7) is 0.721. The molecule has 14 heavy (non-hydrogen) atoms. The van der Waals surface area contributed by atoms with Gasteiger partial charge in [-0.25, -0.2) is 0 Å². The van der Waals surface area contributed by atoms with Gasteiger partial charge in [0.15, 0.2) is 0 Å². The number of anilines is 1. The molecule has 0 unspecified atom stereocenters. The van der Waals surface area contributed by atoms with E-state index in [9.17, 15) is 0 Å². The summed E-state index contributed by atoms with van der Waals surface area (Å²) in [5, 5.41) is 11.2. The summed E-state index contributed by atoms with van der Waals surface area (Å²) in [4.78, 5) is 0. The van der Waals surface area contributed by atoms with E-state index in [1.54, 1.807) is 0 Å². The number of halogens is 1. The Morgan fingerprint density at radius 1 is 1.36 bits per heavy atom. The smallest absolute Gasteiger partial charge is 0.225 e. The molecule has 0 radical (unpaired) electrons. The number of nitrogens with zero attached hydrogens (tertiary/aromatic N) is 3. The van der Waals surface area contributed by atoms with Crippen LogP contribution in [0.25, 0.3) is 0 Å². The van der Waals surface area contributed by atoms with Gasteiger partial charge in [-0.3, -0.25) is 0 Å². The van der Waals surface area contributed by atoms with E-state index in [0.29, 0.717) is 0 Å². The van der Waals surface area contributed by atoms with Crippen molar-refractivity contribution in [3.63, 3.8) is 0 Å². The summed E-state index contributed by atoms with van der Waals surface area (Å²) in [6, 6.07) is 8.04. The van der Waals surface area contributed by atoms with Crippen LogP contribution in [0.4, 0.5) is 5.13 Å². The average molecular weight is 271 g/mol. The van der Waals surface area contributed by atoms with Gasteiger partial charge < -0.3 is 5.32 Å². The molecule has 1 N–H and O–H groups in total. The summed E-state index contributed by atoms with van der Waals surface area (Å²) < 4.78 is 4.75. The third-order valence-electron chi connectivity index (χ3n) is 1.69. The van der Waals surface area contributed by atoms with Gasteiger partial charge in [0.1, 0.15) is 0 Å². The Balaban J connectivity index is 2.02. The molecule has 1 aromatic heterocycles. The Labute approximate surface area is 93.6 Å². The van der Waals surface area contributed by atoms with E-state index in [1.165, 1.54) is 17.1 Å². The molecule has 0 saturated carbocycles. The van der Waals surface area contributed by atoms with E-state index in [2.05, 4.69) is 36.0 Å². The van der Waals surface area contributed by atoms with Crippen molar-refractivity contribution in [2.45, 2.75) is 6.54 Å². The van der Waals surface area contributed by atoms with Gasteiger partial charge in [-0.1, -0.05) is 43.7 Å². The molecule has 1 heterocycles. The summed E-state index contributed by atoms with van der Waals surface area (Å²) >= 11 is 4.72.